The lowest BCUT2D eigenvalue weighted by molar-refractivity contribution is -0.143. The van der Waals surface area contributed by atoms with Crippen LogP contribution in [0.1, 0.15) is 18.3 Å². The molecule has 0 radical (unpaired) electrons. The minimum absolute atomic E-state index is 0.0148. The molecule has 13 nitrogen and oxygen atoms in total. The van der Waals surface area contributed by atoms with E-state index >= 15 is 0 Å². The molecular formula is C15H18N8O5S3. The number of hydrogen-bond donors (Lipinski definition) is 5. The van der Waals surface area contributed by atoms with E-state index in [4.69, 9.17) is 31.0 Å². The number of thiazole rings is 2. The number of amides is 2. The first-order valence-electron chi connectivity index (χ1n) is 8.61. The highest BCUT2D eigenvalue weighted by Crippen LogP contribution is 2.26. The van der Waals surface area contributed by atoms with Crippen LogP contribution in [0.2, 0.25) is 0 Å². The van der Waals surface area contributed by atoms with Crippen molar-refractivity contribution in [1.29, 1.82) is 5.41 Å². The van der Waals surface area contributed by atoms with Crippen LogP contribution in [0.5, 0.6) is 5.19 Å². The van der Waals surface area contributed by atoms with Gasteiger partial charge >= 0.3 is 0 Å². The van der Waals surface area contributed by atoms with E-state index in [2.05, 4.69) is 20.4 Å². The van der Waals surface area contributed by atoms with Crippen molar-refractivity contribution in [3.63, 3.8) is 0 Å². The fourth-order valence-electron chi connectivity index (χ4n) is 2.43. The fraction of sp³-hybridized carbons (Fsp3) is 0.333. The second-order valence-electron chi connectivity index (χ2n) is 6.04. The third-order valence-electron chi connectivity index (χ3n) is 4.00. The van der Waals surface area contributed by atoms with Gasteiger partial charge in [0.15, 0.2) is 17.5 Å². The van der Waals surface area contributed by atoms with Crippen molar-refractivity contribution >= 4 is 63.4 Å². The lowest BCUT2D eigenvalue weighted by atomic mass is 10.0. The number of carbonyl (C=O) groups excluding carboxylic acids is 2. The Hall–Kier alpha value is -2.95. The van der Waals surface area contributed by atoms with E-state index in [0.29, 0.717) is 23.1 Å². The Morgan fingerprint density at radius 2 is 2.13 bits per heavy atom. The van der Waals surface area contributed by atoms with Crippen LogP contribution in [0.25, 0.3) is 0 Å². The SMILES string of the molecule is C[C@H]1[C@H](NC(=O)/C(=N\OCCOc2nc(C(=N)N)cs2)c2csc(N)n2)C(=O)N1SO. The van der Waals surface area contributed by atoms with Gasteiger partial charge in [-0.1, -0.05) is 16.5 Å². The number of β-lactam (4-membered cyclic amide) rings is 1. The number of nitrogen functional groups attached to an aromatic ring is 2. The summed E-state index contributed by atoms with van der Waals surface area (Å²) < 4.78 is 15.6. The zero-order valence-corrected chi connectivity index (χ0v) is 18.4. The number of hydrogen-bond acceptors (Lipinski definition) is 13. The van der Waals surface area contributed by atoms with Crippen molar-refractivity contribution in [2.24, 2.45) is 10.9 Å². The minimum Gasteiger partial charge on any atom is -0.466 e. The zero-order valence-electron chi connectivity index (χ0n) is 16.0. The van der Waals surface area contributed by atoms with Gasteiger partial charge < -0.3 is 30.9 Å². The number of amidine groups is 1. The summed E-state index contributed by atoms with van der Waals surface area (Å²) in [5, 5.41) is 17.4. The summed E-state index contributed by atoms with van der Waals surface area (Å²) in [6.45, 7) is 1.74. The predicted octanol–water partition coefficient (Wildman–Crippen LogP) is 0.102. The Morgan fingerprint density at radius 3 is 2.71 bits per heavy atom. The number of nitrogens with zero attached hydrogens (tertiary/aromatic N) is 4. The van der Waals surface area contributed by atoms with E-state index in [-0.39, 0.29) is 35.6 Å². The maximum absolute atomic E-state index is 12.7. The van der Waals surface area contributed by atoms with Gasteiger partial charge in [0.2, 0.25) is 0 Å². The summed E-state index contributed by atoms with van der Waals surface area (Å²) in [5.41, 5.74) is 11.3. The molecule has 31 heavy (non-hydrogen) atoms. The molecule has 3 rings (SSSR count). The van der Waals surface area contributed by atoms with Crippen molar-refractivity contribution in [2.45, 2.75) is 19.0 Å². The first-order valence-corrected chi connectivity index (χ1v) is 11.1. The minimum atomic E-state index is -0.808. The molecule has 0 aromatic carbocycles. The van der Waals surface area contributed by atoms with Gasteiger partial charge in [-0.05, 0) is 6.92 Å². The quantitative estimate of drug-likeness (QED) is 0.0583. The van der Waals surface area contributed by atoms with Crippen LogP contribution in [0.3, 0.4) is 0 Å². The highest BCUT2D eigenvalue weighted by atomic mass is 32.2. The number of aromatic nitrogens is 2. The van der Waals surface area contributed by atoms with Crippen LogP contribution in [0.4, 0.5) is 5.13 Å². The van der Waals surface area contributed by atoms with Crippen molar-refractivity contribution < 1.29 is 23.7 Å². The number of anilines is 1. The van der Waals surface area contributed by atoms with E-state index in [1.54, 1.807) is 12.3 Å². The zero-order chi connectivity index (χ0) is 22.5. The second kappa shape index (κ2) is 9.90. The molecule has 0 aliphatic carbocycles. The first kappa shape index (κ1) is 22.7. The molecular weight excluding hydrogens is 468 g/mol. The fourth-order valence-corrected chi connectivity index (χ4v) is 4.14. The van der Waals surface area contributed by atoms with Gasteiger partial charge in [0.05, 0.1) is 6.04 Å². The van der Waals surface area contributed by atoms with E-state index in [9.17, 15) is 9.59 Å². The standard InChI is InChI=1S/C15H18N8O5S3/c1-6-9(13(25)23(6)31-26)21-12(24)10(7-4-29-14(18)19-7)22-28-3-2-27-15-20-8(5-30-15)11(16)17/h4-6,9,26H,2-3H2,1H3,(H3,16,17)(H2,18,19)(H,21,24)/b22-10-/t6-,9-/m0/s1. The van der Waals surface area contributed by atoms with E-state index in [0.717, 1.165) is 15.6 Å². The largest absolute Gasteiger partial charge is 0.466 e. The highest BCUT2D eigenvalue weighted by molar-refractivity contribution is 7.92. The maximum Gasteiger partial charge on any atom is 0.276 e. The lowest BCUT2D eigenvalue weighted by Crippen LogP contribution is -2.67. The molecule has 2 amide bonds. The number of oxime groups is 1. The summed E-state index contributed by atoms with van der Waals surface area (Å²) >= 11 is 2.60. The number of rotatable bonds is 10. The van der Waals surface area contributed by atoms with E-state index in [1.165, 1.54) is 16.7 Å². The number of nitrogens with one attached hydrogen (secondary N) is 2. The van der Waals surface area contributed by atoms with Gasteiger partial charge in [-0.3, -0.25) is 19.3 Å². The average Bonchev–Trinajstić information content (AvgIpc) is 3.38. The van der Waals surface area contributed by atoms with Crippen LogP contribution in [-0.4, -0.2) is 67.5 Å². The van der Waals surface area contributed by atoms with Crippen LogP contribution in [0, 0.1) is 5.41 Å². The van der Waals surface area contributed by atoms with Gasteiger partial charge in [-0.2, -0.15) is 4.98 Å². The molecule has 2 aromatic rings. The predicted molar refractivity (Wildman–Crippen MR) is 116 cm³/mol. The second-order valence-corrected chi connectivity index (χ2v) is 8.31. The molecule has 166 valence electrons. The molecule has 7 N–H and O–H groups in total. The molecule has 16 heteroatoms. The molecule has 2 aromatic heterocycles. The van der Waals surface area contributed by atoms with Crippen molar-refractivity contribution in [2.75, 3.05) is 18.9 Å². The van der Waals surface area contributed by atoms with E-state index in [1.807, 2.05) is 0 Å². The number of nitrogens with two attached hydrogens (primary N) is 2. The van der Waals surface area contributed by atoms with Crippen LogP contribution < -0.4 is 21.5 Å². The molecule has 1 saturated heterocycles. The Bertz CT molecular complexity index is 1010. The van der Waals surface area contributed by atoms with Gasteiger partial charge in [-0.25, -0.2) is 4.98 Å². The van der Waals surface area contributed by atoms with Crippen molar-refractivity contribution in [3.8, 4) is 5.19 Å². The Kier molecular flexibility index (Phi) is 7.26. The topological polar surface area (TPSA) is 202 Å². The van der Waals surface area contributed by atoms with Crippen LogP contribution >= 0.6 is 34.9 Å². The van der Waals surface area contributed by atoms with Gasteiger partial charge in [0, 0.05) is 10.8 Å². The molecule has 0 unspecified atom stereocenters. The summed E-state index contributed by atoms with van der Waals surface area (Å²) in [4.78, 5) is 37.9. The molecule has 1 aliphatic heterocycles. The monoisotopic (exact) mass is 486 g/mol. The maximum atomic E-state index is 12.7. The number of ether oxygens (including phenoxy) is 1. The van der Waals surface area contributed by atoms with Gasteiger partial charge in [0.1, 0.15) is 42.1 Å². The Morgan fingerprint density at radius 1 is 1.39 bits per heavy atom. The summed E-state index contributed by atoms with van der Waals surface area (Å²) in [5.74, 6) is -1.27. The molecule has 3 heterocycles. The summed E-state index contributed by atoms with van der Waals surface area (Å²) in [6.07, 6.45) is 0. The highest BCUT2D eigenvalue weighted by Gasteiger charge is 2.46. The number of carbonyl (C=O) groups is 2. The summed E-state index contributed by atoms with van der Waals surface area (Å²) in [6, 6.07) is -1.21. The van der Waals surface area contributed by atoms with Crippen LogP contribution in [-0.2, 0) is 14.4 Å². The lowest BCUT2D eigenvalue weighted by Gasteiger charge is -2.42. The van der Waals surface area contributed by atoms with Crippen molar-refractivity contribution in [1.82, 2.24) is 19.6 Å². The smallest absolute Gasteiger partial charge is 0.276 e. The molecule has 1 aliphatic rings. The molecule has 0 bridgehead atoms. The van der Waals surface area contributed by atoms with Gasteiger partial charge in [0.25, 0.3) is 17.0 Å². The Labute approximate surface area is 188 Å². The molecule has 0 saturated carbocycles. The van der Waals surface area contributed by atoms with Crippen molar-refractivity contribution in [3.05, 3.63) is 22.1 Å². The average molecular weight is 487 g/mol. The first-order chi connectivity index (χ1) is 14.8. The Balaban J connectivity index is 1.59. The van der Waals surface area contributed by atoms with Crippen LogP contribution in [0.15, 0.2) is 15.9 Å². The van der Waals surface area contributed by atoms with Gasteiger partial charge in [-0.15, -0.1) is 11.3 Å². The molecule has 0 spiro atoms. The third-order valence-corrected chi connectivity index (χ3v) is 6.12. The van der Waals surface area contributed by atoms with E-state index < -0.39 is 23.9 Å². The molecule has 1 fully saturated rings. The summed E-state index contributed by atoms with van der Waals surface area (Å²) in [7, 11) is 0. The normalized spacial score (nSPS) is 18.5. The third kappa shape index (κ3) is 5.22. The molecule has 2 atom stereocenters.